The minimum atomic E-state index is -2.94. The summed E-state index contributed by atoms with van der Waals surface area (Å²) >= 11 is 0. The third-order valence-electron chi connectivity index (χ3n) is 10.8. The van der Waals surface area contributed by atoms with Gasteiger partial charge in [0.2, 0.25) is 0 Å². The lowest BCUT2D eigenvalue weighted by atomic mass is 9.68. The summed E-state index contributed by atoms with van der Waals surface area (Å²) < 4.78 is 222. The van der Waals surface area contributed by atoms with Gasteiger partial charge >= 0.3 is 0 Å². The Morgan fingerprint density at radius 2 is 1.19 bits per heavy atom. The highest BCUT2D eigenvalue weighted by molar-refractivity contribution is 5.95. The summed E-state index contributed by atoms with van der Waals surface area (Å²) in [6.07, 6.45) is -0.113. The molecule has 8 aromatic rings. The lowest BCUT2D eigenvalue weighted by Crippen LogP contribution is -2.28. The summed E-state index contributed by atoms with van der Waals surface area (Å²) in [5.41, 5.74) is -6.51. The van der Waals surface area contributed by atoms with E-state index in [0.29, 0.717) is 22.3 Å². The molecule has 0 heterocycles. The second kappa shape index (κ2) is 11.5. The van der Waals surface area contributed by atoms with E-state index >= 15 is 0 Å². The molecule has 0 N–H and O–H groups in total. The molecule has 8 aromatic carbocycles. The van der Waals surface area contributed by atoms with Gasteiger partial charge in [-0.15, -0.1) is 0 Å². The van der Waals surface area contributed by atoms with E-state index in [9.17, 15) is 16.4 Å². The molecule has 0 unspecified atom stereocenters. The van der Waals surface area contributed by atoms with Crippen LogP contribution in [0.3, 0.4) is 0 Å². The highest BCUT2D eigenvalue weighted by Crippen LogP contribution is 2.57. The smallest absolute Gasteiger partial charge is 0.0713 e. The fourth-order valence-electron chi connectivity index (χ4n) is 8.36. The van der Waals surface area contributed by atoms with Crippen LogP contribution in [0.5, 0.6) is 0 Å². The minimum absolute atomic E-state index is 0.0841. The van der Waals surface area contributed by atoms with Gasteiger partial charge in [0.05, 0.1) is 44.0 Å². The van der Waals surface area contributed by atoms with Crippen LogP contribution in [0.2, 0.25) is 0 Å². The molecule has 54 heavy (non-hydrogen) atoms. The van der Waals surface area contributed by atoms with Crippen LogP contribution < -0.4 is 4.90 Å². The third kappa shape index (κ3) is 4.21. The zero-order valence-corrected chi connectivity index (χ0v) is 28.7. The Morgan fingerprint density at radius 3 is 2.00 bits per heavy atom. The van der Waals surface area contributed by atoms with Crippen molar-refractivity contribution >= 4 is 17.1 Å². The average Bonchev–Trinajstić information content (AvgIpc) is 3.38. The first-order valence-corrected chi connectivity index (χ1v) is 17.2. The van der Waals surface area contributed by atoms with Crippen LogP contribution in [0, 0.1) is 0 Å². The molecule has 0 saturated heterocycles. The van der Waals surface area contributed by atoms with E-state index in [-0.39, 0.29) is 82.3 Å². The number of rotatable bonds is 5. The van der Waals surface area contributed by atoms with E-state index in [1.54, 1.807) is 13.8 Å². The Hall–Kier alpha value is -6.44. The molecule has 3 aliphatic rings. The topological polar surface area (TPSA) is 3.24 Å². The number of hydrogen-bond acceptors (Lipinski definition) is 1. The van der Waals surface area contributed by atoms with Crippen molar-refractivity contribution in [3.63, 3.8) is 0 Å². The first kappa shape index (κ1) is 15.5. The monoisotopic (exact) mass is 713 g/mol. The summed E-state index contributed by atoms with van der Waals surface area (Å²) in [6.45, 7) is 3.51. The highest BCUT2D eigenvalue weighted by Gasteiger charge is 2.46. The first-order valence-electron chi connectivity index (χ1n) is 29.2. The van der Waals surface area contributed by atoms with Gasteiger partial charge in [-0.1, -0.05) is 171 Å². The first-order chi connectivity index (χ1) is 36.5. The SMILES string of the molecule is [2H]c1cc2c(cc1[2H])C(C)(C)c1c([2H])c(N(c3cc([2H])c([2H])c4c3-c3ccc([2H])c([2H])c3C4)c3c([2H])cc(C4(c5c([2H])c([2H])c([2H])c([2H])c5[2H])c5c([2H])c([2H])c([2H])c([2H])c5-c5c([2H])c([2H])c([2H])c([2H])c54)c([2H])c3[2H])cc([2H])c1-2. The van der Waals surface area contributed by atoms with Crippen LogP contribution in [-0.4, -0.2) is 0 Å². The molecule has 0 fully saturated rings. The summed E-state index contributed by atoms with van der Waals surface area (Å²) in [5, 5.41) is 0. The molecule has 0 amide bonds. The fourth-order valence-corrected chi connectivity index (χ4v) is 8.36. The highest BCUT2D eigenvalue weighted by atomic mass is 15.1. The quantitative estimate of drug-likeness (QED) is 0.172. The molecule has 11 rings (SSSR count). The maximum atomic E-state index is 10.2. The van der Waals surface area contributed by atoms with E-state index in [1.165, 1.54) is 41.3 Å². The zero-order valence-electron chi connectivity index (χ0n) is 52.7. The Morgan fingerprint density at radius 1 is 0.463 bits per heavy atom. The zero-order chi connectivity index (χ0) is 56.9. The Labute approximate surface area is 351 Å². The van der Waals surface area contributed by atoms with Crippen molar-refractivity contribution in [2.75, 3.05) is 4.90 Å². The van der Waals surface area contributed by atoms with Crippen molar-refractivity contribution in [1.29, 1.82) is 0 Å². The normalized spacial score (nSPS) is 20.9. The Kier molecular flexibility index (Phi) is 3.31. The van der Waals surface area contributed by atoms with Crippen LogP contribution in [0.25, 0.3) is 33.4 Å². The lowest BCUT2D eigenvalue weighted by Gasteiger charge is -2.35. The molecular formula is C53H39N. The van der Waals surface area contributed by atoms with Gasteiger partial charge in [0.15, 0.2) is 0 Å². The molecule has 256 valence electrons. The Bertz CT molecular complexity index is 4070. The molecule has 0 spiro atoms. The van der Waals surface area contributed by atoms with Crippen LogP contribution in [0.15, 0.2) is 187 Å². The standard InChI is InChI=1S/C53H39N/c1-52(2)46-23-11-8-20-42(46)45-32-31-40(34-49(45)52)54(50-26-14-16-36-33-35-15-6-7-19-41(35)51(36)50)39-29-27-38(28-30-39)53(37-17-4-3-5-18-37)47-24-12-9-21-43(47)44-22-10-13-25-48(44)53/h3-32,34H,33H2,1-2H3/i3D,4D,5D,6D,8D,9D,10D,11D,12D,13D,14D,15D,16D,17D,18D,21D,22D,24D,25D,27D,29D,30D,32D,34D. The van der Waals surface area contributed by atoms with E-state index < -0.39 is 153 Å². The van der Waals surface area contributed by atoms with E-state index in [1.807, 2.05) is 0 Å². The van der Waals surface area contributed by atoms with Gasteiger partial charge in [0.1, 0.15) is 0 Å². The molecular weight excluding hydrogens is 651 g/mol. The van der Waals surface area contributed by atoms with E-state index in [0.717, 1.165) is 6.07 Å². The average molecular weight is 714 g/mol. The second-order valence-corrected chi connectivity index (χ2v) is 13.8. The van der Waals surface area contributed by atoms with Crippen molar-refractivity contribution < 1.29 is 32.9 Å². The number of benzene rings is 8. The van der Waals surface area contributed by atoms with E-state index in [4.69, 9.17) is 16.4 Å². The second-order valence-electron chi connectivity index (χ2n) is 13.8. The molecule has 0 aliphatic heterocycles. The minimum Gasteiger partial charge on any atom is -0.310 e. The van der Waals surface area contributed by atoms with Crippen molar-refractivity contribution in [1.82, 2.24) is 0 Å². The van der Waals surface area contributed by atoms with Gasteiger partial charge < -0.3 is 4.90 Å². The maximum Gasteiger partial charge on any atom is 0.0713 e. The van der Waals surface area contributed by atoms with Crippen LogP contribution in [0.4, 0.5) is 17.1 Å². The summed E-state index contributed by atoms with van der Waals surface area (Å²) in [4.78, 5) is 1.19. The third-order valence-corrected chi connectivity index (χ3v) is 10.8. The van der Waals surface area contributed by atoms with Gasteiger partial charge in [0, 0.05) is 22.4 Å². The Balaban J connectivity index is 1.34. The fraction of sp³-hybridized carbons (Fsp3) is 0.0943. The number of anilines is 3. The van der Waals surface area contributed by atoms with Gasteiger partial charge in [-0.05, 0) is 109 Å². The van der Waals surface area contributed by atoms with Crippen molar-refractivity contribution in [3.8, 4) is 33.4 Å². The molecule has 0 bridgehead atoms. The van der Waals surface area contributed by atoms with Crippen LogP contribution in [-0.2, 0) is 17.3 Å². The predicted octanol–water partition coefficient (Wildman–Crippen LogP) is 13.4. The molecule has 3 aliphatic carbocycles. The van der Waals surface area contributed by atoms with Crippen molar-refractivity contribution in [2.45, 2.75) is 31.1 Å². The summed E-state index contributed by atoms with van der Waals surface area (Å²) in [5.74, 6) is 0. The largest absolute Gasteiger partial charge is 0.310 e. The summed E-state index contributed by atoms with van der Waals surface area (Å²) in [6, 6.07) is -7.35. The molecule has 1 nitrogen and oxygen atoms in total. The van der Waals surface area contributed by atoms with E-state index in [2.05, 4.69) is 0 Å². The van der Waals surface area contributed by atoms with Gasteiger partial charge in [-0.2, -0.15) is 0 Å². The number of hydrogen-bond donors (Lipinski definition) is 0. The van der Waals surface area contributed by atoms with Crippen LogP contribution in [0.1, 0.15) is 91.3 Å². The molecule has 0 saturated carbocycles. The number of nitrogens with zero attached hydrogens (tertiary/aromatic N) is 1. The van der Waals surface area contributed by atoms with Crippen molar-refractivity contribution in [2.24, 2.45) is 0 Å². The lowest BCUT2D eigenvalue weighted by molar-refractivity contribution is 0.660. The molecule has 0 aromatic heterocycles. The van der Waals surface area contributed by atoms with Crippen molar-refractivity contribution in [3.05, 3.63) is 232 Å². The van der Waals surface area contributed by atoms with Gasteiger partial charge in [-0.3, -0.25) is 0 Å². The molecule has 1 heteroatoms. The van der Waals surface area contributed by atoms with Gasteiger partial charge in [0.25, 0.3) is 0 Å². The maximum absolute atomic E-state index is 10.2. The molecule has 0 radical (unpaired) electrons. The molecule has 0 atom stereocenters. The summed E-state index contributed by atoms with van der Waals surface area (Å²) in [7, 11) is 0. The van der Waals surface area contributed by atoms with Crippen LogP contribution >= 0.6 is 0 Å². The number of fused-ring (bicyclic) bond motifs is 9. The predicted molar refractivity (Wildman–Crippen MR) is 224 cm³/mol. The van der Waals surface area contributed by atoms with Gasteiger partial charge in [-0.25, -0.2) is 0 Å².